The van der Waals surface area contributed by atoms with E-state index in [1.54, 1.807) is 6.07 Å². The van der Waals surface area contributed by atoms with Gasteiger partial charge in [0.05, 0.1) is 5.56 Å². The van der Waals surface area contributed by atoms with E-state index in [1.807, 2.05) is 0 Å². The molecule has 2 atom stereocenters. The van der Waals surface area contributed by atoms with Gasteiger partial charge in [0, 0.05) is 19.6 Å². The van der Waals surface area contributed by atoms with Crippen molar-refractivity contribution in [2.45, 2.75) is 12.7 Å². The van der Waals surface area contributed by atoms with Crippen molar-refractivity contribution in [1.29, 1.82) is 0 Å². The number of halogens is 4. The maximum atomic E-state index is 12.6. The molecule has 1 aromatic carbocycles. The summed E-state index contributed by atoms with van der Waals surface area (Å²) in [6.45, 7) is 4.70. The Morgan fingerprint density at radius 1 is 1.15 bits per heavy atom. The first-order valence-electron chi connectivity index (χ1n) is 6.61. The minimum atomic E-state index is -4.25. The second kappa shape index (κ2) is 5.92. The van der Waals surface area contributed by atoms with E-state index in [9.17, 15) is 13.2 Å². The van der Waals surface area contributed by atoms with Crippen molar-refractivity contribution in [3.05, 3.63) is 35.4 Å². The van der Waals surface area contributed by atoms with Crippen LogP contribution < -0.4 is 5.32 Å². The molecule has 20 heavy (non-hydrogen) atoms. The van der Waals surface area contributed by atoms with Gasteiger partial charge in [-0.2, -0.15) is 13.2 Å². The fourth-order valence-corrected chi connectivity index (χ4v) is 3.19. The van der Waals surface area contributed by atoms with Crippen molar-refractivity contribution in [2.24, 2.45) is 11.8 Å². The number of benzene rings is 1. The van der Waals surface area contributed by atoms with E-state index in [0.29, 0.717) is 18.4 Å². The molecule has 0 amide bonds. The van der Waals surface area contributed by atoms with Gasteiger partial charge in [0.15, 0.2) is 0 Å². The molecule has 2 aliphatic rings. The summed E-state index contributed by atoms with van der Waals surface area (Å²) in [7, 11) is 0. The number of hydrogen-bond acceptors (Lipinski definition) is 2. The minimum Gasteiger partial charge on any atom is -0.316 e. The van der Waals surface area contributed by atoms with E-state index < -0.39 is 11.7 Å². The molecule has 1 aromatic rings. The Hall–Kier alpha value is -0.780. The van der Waals surface area contributed by atoms with Crippen LogP contribution in [0.25, 0.3) is 0 Å². The van der Waals surface area contributed by atoms with Crippen LogP contribution in [0.3, 0.4) is 0 Å². The van der Waals surface area contributed by atoms with Crippen LogP contribution in [0, 0.1) is 11.8 Å². The van der Waals surface area contributed by atoms with Crippen molar-refractivity contribution in [1.82, 2.24) is 10.2 Å². The number of hydrogen-bond donors (Lipinski definition) is 1. The number of likely N-dealkylation sites (tertiary alicyclic amines) is 1. The van der Waals surface area contributed by atoms with Crippen molar-refractivity contribution in [2.75, 3.05) is 26.2 Å². The van der Waals surface area contributed by atoms with Crippen LogP contribution in [0.1, 0.15) is 11.1 Å². The fourth-order valence-electron chi connectivity index (χ4n) is 3.19. The fraction of sp³-hybridized carbons (Fsp3) is 0.571. The molecule has 6 heteroatoms. The third kappa shape index (κ3) is 3.27. The van der Waals surface area contributed by atoms with Crippen LogP contribution in [0.15, 0.2) is 24.3 Å². The first-order valence-corrected chi connectivity index (χ1v) is 6.61. The van der Waals surface area contributed by atoms with Crippen LogP contribution in [-0.2, 0) is 12.7 Å². The van der Waals surface area contributed by atoms with E-state index in [4.69, 9.17) is 0 Å². The van der Waals surface area contributed by atoms with E-state index in [2.05, 4.69) is 10.2 Å². The van der Waals surface area contributed by atoms with Gasteiger partial charge in [0.1, 0.15) is 0 Å². The molecule has 2 aliphatic heterocycles. The van der Waals surface area contributed by atoms with Crippen LogP contribution in [0.4, 0.5) is 13.2 Å². The summed E-state index contributed by atoms with van der Waals surface area (Å²) < 4.78 is 37.9. The smallest absolute Gasteiger partial charge is 0.316 e. The van der Waals surface area contributed by atoms with E-state index >= 15 is 0 Å². The molecule has 2 fully saturated rings. The van der Waals surface area contributed by atoms with Crippen LogP contribution in [0.5, 0.6) is 0 Å². The van der Waals surface area contributed by atoms with Gasteiger partial charge in [-0.3, -0.25) is 4.90 Å². The topological polar surface area (TPSA) is 15.3 Å². The van der Waals surface area contributed by atoms with E-state index in [0.717, 1.165) is 37.8 Å². The summed E-state index contributed by atoms with van der Waals surface area (Å²) in [6.07, 6.45) is -4.25. The van der Waals surface area contributed by atoms with E-state index in [1.165, 1.54) is 12.1 Å². The Kier molecular flexibility index (Phi) is 4.62. The van der Waals surface area contributed by atoms with Gasteiger partial charge in [0.2, 0.25) is 0 Å². The summed E-state index contributed by atoms with van der Waals surface area (Å²) in [6, 6.07) is 5.68. The maximum Gasteiger partial charge on any atom is 0.416 e. The van der Waals surface area contributed by atoms with Crippen LogP contribution in [0.2, 0.25) is 0 Å². The van der Waals surface area contributed by atoms with Gasteiger partial charge in [-0.05, 0) is 36.6 Å². The Balaban J connectivity index is 0.00000147. The lowest BCUT2D eigenvalue weighted by Gasteiger charge is -2.17. The monoisotopic (exact) mass is 306 g/mol. The highest BCUT2D eigenvalue weighted by Crippen LogP contribution is 2.31. The minimum absolute atomic E-state index is 0. The van der Waals surface area contributed by atoms with Crippen LogP contribution >= 0.6 is 12.4 Å². The van der Waals surface area contributed by atoms with Crippen molar-refractivity contribution < 1.29 is 13.2 Å². The summed E-state index contributed by atoms with van der Waals surface area (Å²) in [5.74, 6) is 1.34. The third-order valence-corrected chi connectivity index (χ3v) is 4.13. The largest absolute Gasteiger partial charge is 0.416 e. The molecule has 0 aromatic heterocycles. The average Bonchev–Trinajstić information content (AvgIpc) is 2.88. The summed E-state index contributed by atoms with van der Waals surface area (Å²) >= 11 is 0. The summed E-state index contributed by atoms with van der Waals surface area (Å²) in [5.41, 5.74) is 0.203. The van der Waals surface area contributed by atoms with Gasteiger partial charge in [-0.1, -0.05) is 18.2 Å². The molecule has 0 bridgehead atoms. The highest BCUT2D eigenvalue weighted by Gasteiger charge is 2.36. The Bertz CT molecular complexity index is 452. The quantitative estimate of drug-likeness (QED) is 0.904. The third-order valence-electron chi connectivity index (χ3n) is 4.13. The molecule has 0 radical (unpaired) electrons. The maximum absolute atomic E-state index is 12.6. The van der Waals surface area contributed by atoms with Gasteiger partial charge in [0.25, 0.3) is 0 Å². The lowest BCUT2D eigenvalue weighted by molar-refractivity contribution is -0.137. The molecular formula is C14H18ClF3N2. The van der Waals surface area contributed by atoms with Crippen molar-refractivity contribution in [3.8, 4) is 0 Å². The first kappa shape index (κ1) is 15.6. The van der Waals surface area contributed by atoms with Crippen molar-refractivity contribution >= 4 is 12.4 Å². The number of nitrogens with zero attached hydrogens (tertiary/aromatic N) is 1. The molecule has 2 saturated heterocycles. The normalized spacial score (nSPS) is 26.4. The Morgan fingerprint density at radius 2 is 1.80 bits per heavy atom. The first-order chi connectivity index (χ1) is 9.02. The predicted molar refractivity (Wildman–Crippen MR) is 73.8 cm³/mol. The molecule has 1 N–H and O–H groups in total. The lowest BCUT2D eigenvalue weighted by atomic mass is 10.0. The lowest BCUT2D eigenvalue weighted by Crippen LogP contribution is -2.25. The summed E-state index contributed by atoms with van der Waals surface area (Å²) in [4.78, 5) is 2.27. The van der Waals surface area contributed by atoms with Crippen molar-refractivity contribution in [3.63, 3.8) is 0 Å². The molecule has 0 saturated carbocycles. The Labute approximate surface area is 122 Å². The predicted octanol–water partition coefficient (Wildman–Crippen LogP) is 2.78. The van der Waals surface area contributed by atoms with Gasteiger partial charge >= 0.3 is 6.18 Å². The molecule has 2 heterocycles. The van der Waals surface area contributed by atoms with Gasteiger partial charge in [-0.15, -0.1) is 12.4 Å². The molecule has 2 nitrogen and oxygen atoms in total. The zero-order valence-electron chi connectivity index (χ0n) is 11.0. The molecule has 112 valence electrons. The van der Waals surface area contributed by atoms with Crippen LogP contribution in [-0.4, -0.2) is 31.1 Å². The number of nitrogens with one attached hydrogen (secondary N) is 1. The molecule has 0 unspecified atom stereocenters. The van der Waals surface area contributed by atoms with E-state index in [-0.39, 0.29) is 12.4 Å². The zero-order chi connectivity index (χ0) is 13.5. The van der Waals surface area contributed by atoms with Gasteiger partial charge < -0.3 is 5.32 Å². The molecular weight excluding hydrogens is 289 g/mol. The number of alkyl halides is 3. The molecule has 3 rings (SSSR count). The number of fused-ring (bicyclic) bond motifs is 1. The highest BCUT2D eigenvalue weighted by molar-refractivity contribution is 5.85. The highest BCUT2D eigenvalue weighted by atomic mass is 35.5. The average molecular weight is 307 g/mol. The molecule has 0 aliphatic carbocycles. The second-order valence-corrected chi connectivity index (χ2v) is 5.57. The second-order valence-electron chi connectivity index (χ2n) is 5.57. The van der Waals surface area contributed by atoms with Gasteiger partial charge in [-0.25, -0.2) is 0 Å². The zero-order valence-corrected chi connectivity index (χ0v) is 11.8. The summed E-state index contributed by atoms with van der Waals surface area (Å²) in [5, 5.41) is 3.36. The Morgan fingerprint density at radius 3 is 2.40 bits per heavy atom. The standard InChI is InChI=1S/C14H17F3N2.ClH/c15-14(16,17)13-3-1-2-10(4-13)7-19-8-11-5-18-6-12(11)9-19;/h1-4,11-12,18H,5-9H2;1H/t11-,12+;. The number of rotatable bonds is 2. The molecule has 0 spiro atoms. The SMILES string of the molecule is Cl.FC(F)(F)c1cccc(CN2C[C@H]3CNC[C@H]3C2)c1.